The van der Waals surface area contributed by atoms with E-state index in [0.717, 1.165) is 39.3 Å². The van der Waals surface area contributed by atoms with Gasteiger partial charge in [-0.25, -0.2) is 0 Å². The summed E-state index contributed by atoms with van der Waals surface area (Å²) in [5.41, 5.74) is 0.809. The van der Waals surface area contributed by atoms with Crippen LogP contribution in [0.3, 0.4) is 0 Å². The van der Waals surface area contributed by atoms with E-state index < -0.39 is 0 Å². The van der Waals surface area contributed by atoms with Crippen LogP contribution < -0.4 is 0 Å². The lowest BCUT2D eigenvalue weighted by atomic mass is 9.92. The molecule has 0 aromatic carbocycles. The van der Waals surface area contributed by atoms with Gasteiger partial charge in [0.2, 0.25) is 0 Å². The Kier molecular flexibility index (Phi) is 12.2. The minimum atomic E-state index is 0.404. The molecule has 0 bridgehead atoms. The molecule has 0 aromatic heterocycles. The first-order valence-corrected chi connectivity index (χ1v) is 7.28. The predicted molar refractivity (Wildman–Crippen MR) is 81.1 cm³/mol. The summed E-state index contributed by atoms with van der Waals surface area (Å²) in [6.07, 6.45) is 2.30. The summed E-state index contributed by atoms with van der Waals surface area (Å²) >= 11 is 0. The molecular formula is C16H36O2. The number of ether oxygens (including phenoxy) is 2. The highest BCUT2D eigenvalue weighted by atomic mass is 16.5. The Hall–Kier alpha value is -0.0800. The fraction of sp³-hybridized carbons (Fsp3) is 1.00. The van der Waals surface area contributed by atoms with Crippen molar-refractivity contribution in [2.75, 3.05) is 26.4 Å². The summed E-state index contributed by atoms with van der Waals surface area (Å²) in [5, 5.41) is 0. The number of hydrogen-bond acceptors (Lipinski definition) is 2. The average Bonchev–Trinajstić information content (AvgIpc) is 2.15. The van der Waals surface area contributed by atoms with E-state index in [4.69, 9.17) is 9.47 Å². The van der Waals surface area contributed by atoms with Crippen LogP contribution >= 0.6 is 0 Å². The molecule has 0 aromatic rings. The van der Waals surface area contributed by atoms with Gasteiger partial charge >= 0.3 is 0 Å². The number of hydrogen-bond donors (Lipinski definition) is 0. The summed E-state index contributed by atoms with van der Waals surface area (Å²) in [7, 11) is 0. The highest BCUT2D eigenvalue weighted by Crippen LogP contribution is 2.20. The van der Waals surface area contributed by atoms with Crippen LogP contribution in [-0.4, -0.2) is 26.4 Å². The monoisotopic (exact) mass is 260 g/mol. The van der Waals surface area contributed by atoms with Crippen LogP contribution in [0, 0.1) is 10.8 Å². The van der Waals surface area contributed by atoms with Gasteiger partial charge < -0.3 is 9.47 Å². The standard InChI is InChI=1S/C12H26O.C4H10O/c1-11(2,3)7-9-13-10-8-12(4,5)6;1-3-5-4-2/h7-10H2,1-6H3;3-4H2,1-2H3. The summed E-state index contributed by atoms with van der Waals surface area (Å²) in [6.45, 7) is 21.0. The van der Waals surface area contributed by atoms with Crippen molar-refractivity contribution in [1.29, 1.82) is 0 Å². The van der Waals surface area contributed by atoms with Crippen LogP contribution in [0.1, 0.15) is 68.2 Å². The molecule has 2 heteroatoms. The van der Waals surface area contributed by atoms with Gasteiger partial charge in [0.1, 0.15) is 0 Å². The van der Waals surface area contributed by atoms with E-state index in [9.17, 15) is 0 Å². The molecule has 0 atom stereocenters. The quantitative estimate of drug-likeness (QED) is 0.631. The lowest BCUT2D eigenvalue weighted by Crippen LogP contribution is -2.13. The molecule has 0 rings (SSSR count). The van der Waals surface area contributed by atoms with Crippen molar-refractivity contribution >= 4 is 0 Å². The molecule has 0 saturated heterocycles. The van der Waals surface area contributed by atoms with E-state index in [1.807, 2.05) is 13.8 Å². The second kappa shape index (κ2) is 10.8. The lowest BCUT2D eigenvalue weighted by molar-refractivity contribution is 0.0881. The Balaban J connectivity index is 0. The summed E-state index contributed by atoms with van der Waals surface area (Å²) in [6, 6.07) is 0. The zero-order valence-electron chi connectivity index (χ0n) is 14.1. The van der Waals surface area contributed by atoms with Crippen molar-refractivity contribution in [2.24, 2.45) is 10.8 Å². The van der Waals surface area contributed by atoms with Crippen LogP contribution in [0.4, 0.5) is 0 Å². The number of rotatable bonds is 6. The normalized spacial score (nSPS) is 12.0. The highest BCUT2D eigenvalue weighted by Gasteiger charge is 2.11. The Morgan fingerprint density at radius 1 is 0.611 bits per heavy atom. The zero-order chi connectivity index (χ0) is 14.7. The van der Waals surface area contributed by atoms with E-state index in [1.54, 1.807) is 0 Å². The van der Waals surface area contributed by atoms with Crippen LogP contribution in [0.15, 0.2) is 0 Å². The molecule has 2 nitrogen and oxygen atoms in total. The first-order chi connectivity index (χ1) is 8.12. The van der Waals surface area contributed by atoms with E-state index in [0.29, 0.717) is 10.8 Å². The molecule has 0 aliphatic rings. The van der Waals surface area contributed by atoms with Crippen LogP contribution in [0.2, 0.25) is 0 Å². The second-order valence-corrected chi connectivity index (χ2v) is 7.02. The van der Waals surface area contributed by atoms with Crippen molar-refractivity contribution in [3.05, 3.63) is 0 Å². The molecule has 112 valence electrons. The molecular weight excluding hydrogens is 224 g/mol. The molecule has 0 N–H and O–H groups in total. The maximum atomic E-state index is 5.59. The smallest absolute Gasteiger partial charge is 0.0471 e. The third kappa shape index (κ3) is 24.9. The van der Waals surface area contributed by atoms with E-state index >= 15 is 0 Å². The van der Waals surface area contributed by atoms with E-state index in [1.165, 1.54) is 0 Å². The van der Waals surface area contributed by atoms with Gasteiger partial charge in [0.05, 0.1) is 0 Å². The van der Waals surface area contributed by atoms with Crippen molar-refractivity contribution in [1.82, 2.24) is 0 Å². The largest absolute Gasteiger partial charge is 0.382 e. The first-order valence-electron chi connectivity index (χ1n) is 7.28. The average molecular weight is 260 g/mol. The summed E-state index contributed by atoms with van der Waals surface area (Å²) in [5.74, 6) is 0. The van der Waals surface area contributed by atoms with Gasteiger partial charge in [-0.2, -0.15) is 0 Å². The first kappa shape index (κ1) is 20.2. The predicted octanol–water partition coefficient (Wildman–Crippen LogP) is 4.92. The fourth-order valence-corrected chi connectivity index (χ4v) is 1.06. The van der Waals surface area contributed by atoms with Crippen molar-refractivity contribution in [3.8, 4) is 0 Å². The van der Waals surface area contributed by atoms with Gasteiger partial charge in [0.25, 0.3) is 0 Å². The van der Waals surface area contributed by atoms with Crippen molar-refractivity contribution in [3.63, 3.8) is 0 Å². The van der Waals surface area contributed by atoms with Crippen LogP contribution in [-0.2, 0) is 9.47 Å². The van der Waals surface area contributed by atoms with Gasteiger partial charge in [-0.1, -0.05) is 41.5 Å². The Labute approximate surface area is 115 Å². The third-order valence-corrected chi connectivity index (χ3v) is 2.40. The molecule has 0 saturated carbocycles. The SMILES string of the molecule is CC(C)(C)CCOCCC(C)(C)C.CCOCC. The molecule has 18 heavy (non-hydrogen) atoms. The molecule has 0 amide bonds. The Bertz CT molecular complexity index is 145. The maximum absolute atomic E-state index is 5.59. The molecule has 0 heterocycles. The van der Waals surface area contributed by atoms with E-state index in [-0.39, 0.29) is 0 Å². The maximum Gasteiger partial charge on any atom is 0.0471 e. The summed E-state index contributed by atoms with van der Waals surface area (Å²) in [4.78, 5) is 0. The molecule has 0 unspecified atom stereocenters. The second-order valence-electron chi connectivity index (χ2n) is 7.02. The van der Waals surface area contributed by atoms with Gasteiger partial charge in [0.15, 0.2) is 0 Å². The molecule has 0 fully saturated rings. The molecule has 0 spiro atoms. The minimum absolute atomic E-state index is 0.404. The molecule has 0 radical (unpaired) electrons. The Morgan fingerprint density at radius 3 is 1.11 bits per heavy atom. The third-order valence-electron chi connectivity index (χ3n) is 2.40. The topological polar surface area (TPSA) is 18.5 Å². The van der Waals surface area contributed by atoms with Crippen LogP contribution in [0.25, 0.3) is 0 Å². The van der Waals surface area contributed by atoms with E-state index in [2.05, 4.69) is 41.5 Å². The van der Waals surface area contributed by atoms with Crippen molar-refractivity contribution in [2.45, 2.75) is 68.2 Å². The lowest BCUT2D eigenvalue weighted by Gasteiger charge is -2.20. The fourth-order valence-electron chi connectivity index (χ4n) is 1.06. The van der Waals surface area contributed by atoms with Gasteiger partial charge in [-0.15, -0.1) is 0 Å². The molecule has 0 aliphatic carbocycles. The van der Waals surface area contributed by atoms with Gasteiger partial charge in [0, 0.05) is 26.4 Å². The zero-order valence-corrected chi connectivity index (χ0v) is 14.1. The van der Waals surface area contributed by atoms with Crippen molar-refractivity contribution < 1.29 is 9.47 Å². The van der Waals surface area contributed by atoms with Gasteiger partial charge in [-0.05, 0) is 37.5 Å². The Morgan fingerprint density at radius 2 is 0.944 bits per heavy atom. The van der Waals surface area contributed by atoms with Gasteiger partial charge in [-0.3, -0.25) is 0 Å². The highest BCUT2D eigenvalue weighted by molar-refractivity contribution is 4.62. The van der Waals surface area contributed by atoms with Crippen LogP contribution in [0.5, 0.6) is 0 Å². The molecule has 0 aliphatic heterocycles. The summed E-state index contributed by atoms with van der Waals surface area (Å²) < 4.78 is 10.4. The minimum Gasteiger partial charge on any atom is -0.382 e.